The van der Waals surface area contributed by atoms with Crippen molar-refractivity contribution in [1.82, 2.24) is 9.66 Å². The van der Waals surface area contributed by atoms with Gasteiger partial charge in [-0.25, -0.2) is 4.98 Å². The van der Waals surface area contributed by atoms with Crippen LogP contribution in [0.3, 0.4) is 0 Å². The zero-order valence-electron chi connectivity index (χ0n) is 19.0. The van der Waals surface area contributed by atoms with Crippen molar-refractivity contribution in [3.63, 3.8) is 0 Å². The first kappa shape index (κ1) is 25.5. The summed E-state index contributed by atoms with van der Waals surface area (Å²) >= 11 is 22.0. The first-order valence-corrected chi connectivity index (χ1v) is 13.0. The molecule has 1 aromatic heterocycles. The van der Waals surface area contributed by atoms with E-state index >= 15 is 0 Å². The molecule has 9 heteroatoms. The zero-order chi connectivity index (χ0) is 25.9. The molecule has 0 atom stereocenters. The second kappa shape index (κ2) is 11.1. The van der Waals surface area contributed by atoms with Gasteiger partial charge in [0.2, 0.25) is 0 Å². The number of fused-ring (bicyclic) bond motifs is 1. The fraction of sp³-hybridized carbons (Fsp3) is 0.0357. The molecule has 0 saturated carbocycles. The molecule has 5 aromatic rings. The summed E-state index contributed by atoms with van der Waals surface area (Å²) < 4.78 is 8.03. The number of hydrogen-bond donors (Lipinski definition) is 0. The molecule has 0 bridgehead atoms. The maximum Gasteiger partial charge on any atom is 0.282 e. The van der Waals surface area contributed by atoms with E-state index in [2.05, 4.69) is 21.0 Å². The molecule has 0 amide bonds. The van der Waals surface area contributed by atoms with Gasteiger partial charge in [0.05, 0.1) is 31.6 Å². The summed E-state index contributed by atoms with van der Waals surface area (Å²) in [6.07, 6.45) is 1.53. The van der Waals surface area contributed by atoms with Crippen molar-refractivity contribution in [2.24, 2.45) is 5.10 Å². The van der Waals surface area contributed by atoms with Crippen LogP contribution in [0.1, 0.15) is 11.1 Å². The number of ether oxygens (including phenoxy) is 1. The Kier molecular flexibility index (Phi) is 7.63. The number of nitrogens with zero attached hydrogens (tertiary/aromatic N) is 3. The largest absolute Gasteiger partial charge is 0.487 e. The quantitative estimate of drug-likeness (QED) is 0.181. The highest BCUT2D eigenvalue weighted by molar-refractivity contribution is 9.10. The van der Waals surface area contributed by atoms with Gasteiger partial charge < -0.3 is 4.74 Å². The van der Waals surface area contributed by atoms with Crippen molar-refractivity contribution < 1.29 is 4.74 Å². The van der Waals surface area contributed by atoms with E-state index in [-0.39, 0.29) is 12.2 Å². The molecule has 0 radical (unpaired) electrons. The van der Waals surface area contributed by atoms with Crippen LogP contribution in [0.4, 0.5) is 0 Å². The average Bonchev–Trinajstić information content (AvgIpc) is 2.90. The maximum absolute atomic E-state index is 13.5. The number of aromatic nitrogens is 2. The van der Waals surface area contributed by atoms with Crippen molar-refractivity contribution >= 4 is 67.9 Å². The van der Waals surface area contributed by atoms with E-state index in [1.54, 1.807) is 42.5 Å². The molecule has 0 aliphatic carbocycles. The SMILES string of the molecule is O=c1c2ccccc2nc(-c2ccccc2)n1N=Cc1cc(Cl)cc(Br)c1OCc1ccc(Cl)c(Cl)c1. The van der Waals surface area contributed by atoms with Gasteiger partial charge in [0.1, 0.15) is 12.4 Å². The molecule has 0 N–H and O–H groups in total. The van der Waals surface area contributed by atoms with Crippen LogP contribution < -0.4 is 10.3 Å². The van der Waals surface area contributed by atoms with Crippen molar-refractivity contribution in [3.05, 3.63) is 126 Å². The summed E-state index contributed by atoms with van der Waals surface area (Å²) in [6, 6.07) is 25.3. The predicted octanol–water partition coefficient (Wildman–Crippen LogP) is 8.25. The average molecular weight is 614 g/mol. The van der Waals surface area contributed by atoms with Gasteiger partial charge in [-0.3, -0.25) is 4.79 Å². The molecular weight excluding hydrogens is 597 g/mol. The molecular formula is C28H17BrCl3N3O2. The van der Waals surface area contributed by atoms with Gasteiger partial charge >= 0.3 is 0 Å². The first-order valence-electron chi connectivity index (χ1n) is 11.1. The molecule has 5 rings (SSSR count). The Morgan fingerprint density at radius 2 is 1.68 bits per heavy atom. The van der Waals surface area contributed by atoms with Crippen LogP contribution in [-0.4, -0.2) is 15.9 Å². The Hall–Kier alpha value is -3.16. The van der Waals surface area contributed by atoms with Gasteiger partial charge in [-0.2, -0.15) is 9.78 Å². The second-order valence-corrected chi connectivity index (χ2v) is 10.1. The van der Waals surface area contributed by atoms with E-state index < -0.39 is 0 Å². The molecule has 0 aliphatic heterocycles. The van der Waals surface area contributed by atoms with Gasteiger partial charge in [0.25, 0.3) is 5.56 Å². The standard InChI is InChI=1S/C28H17BrCl3N3O2/c29-22-14-20(30)13-19(26(22)37-16-17-10-11-23(31)24(32)12-17)15-33-35-27(18-6-2-1-3-7-18)34-25-9-5-4-8-21(25)28(35)36/h1-15H,16H2. The minimum absolute atomic E-state index is 0.227. The van der Waals surface area contributed by atoms with Gasteiger partial charge in [0, 0.05) is 16.1 Å². The monoisotopic (exact) mass is 611 g/mol. The highest BCUT2D eigenvalue weighted by Gasteiger charge is 2.14. The molecule has 0 fully saturated rings. The fourth-order valence-electron chi connectivity index (χ4n) is 3.74. The minimum Gasteiger partial charge on any atom is -0.487 e. The van der Waals surface area contributed by atoms with Crippen molar-refractivity contribution in [2.75, 3.05) is 0 Å². The number of rotatable bonds is 6. The van der Waals surface area contributed by atoms with Crippen LogP contribution in [0.5, 0.6) is 5.75 Å². The van der Waals surface area contributed by atoms with Gasteiger partial charge in [0.15, 0.2) is 5.82 Å². The van der Waals surface area contributed by atoms with Crippen LogP contribution >= 0.6 is 50.7 Å². The lowest BCUT2D eigenvalue weighted by Gasteiger charge is -2.13. The summed E-state index contributed by atoms with van der Waals surface area (Å²) in [5.41, 5.74) is 2.46. The first-order chi connectivity index (χ1) is 17.9. The second-order valence-electron chi connectivity index (χ2n) is 8.02. The summed E-state index contributed by atoms with van der Waals surface area (Å²) in [6.45, 7) is 0.227. The summed E-state index contributed by atoms with van der Waals surface area (Å²) in [4.78, 5) is 18.2. The Morgan fingerprint density at radius 1 is 0.919 bits per heavy atom. The lowest BCUT2D eigenvalue weighted by Crippen LogP contribution is -2.20. The van der Waals surface area contributed by atoms with Crippen LogP contribution in [0.15, 0.2) is 99.3 Å². The van der Waals surface area contributed by atoms with Crippen molar-refractivity contribution in [1.29, 1.82) is 0 Å². The highest BCUT2D eigenvalue weighted by atomic mass is 79.9. The topological polar surface area (TPSA) is 56.5 Å². The summed E-state index contributed by atoms with van der Waals surface area (Å²) in [5.74, 6) is 0.919. The third kappa shape index (κ3) is 5.58. The molecule has 0 aliphatic rings. The molecule has 0 spiro atoms. The van der Waals surface area contributed by atoms with Gasteiger partial charge in [-0.15, -0.1) is 0 Å². The molecule has 1 heterocycles. The smallest absolute Gasteiger partial charge is 0.282 e. The summed E-state index contributed by atoms with van der Waals surface area (Å²) in [7, 11) is 0. The number of benzene rings is 4. The van der Waals surface area contributed by atoms with Crippen LogP contribution in [0.2, 0.25) is 15.1 Å². The number of para-hydroxylation sites is 1. The molecule has 0 unspecified atom stereocenters. The third-order valence-electron chi connectivity index (χ3n) is 5.50. The lowest BCUT2D eigenvalue weighted by atomic mass is 10.2. The fourth-order valence-corrected chi connectivity index (χ4v) is 5.01. The highest BCUT2D eigenvalue weighted by Crippen LogP contribution is 2.33. The lowest BCUT2D eigenvalue weighted by molar-refractivity contribution is 0.304. The number of hydrogen-bond acceptors (Lipinski definition) is 4. The summed E-state index contributed by atoms with van der Waals surface area (Å²) in [5, 5.41) is 6.39. The van der Waals surface area contributed by atoms with E-state index in [1.807, 2.05) is 42.5 Å². The molecule has 5 nitrogen and oxygen atoms in total. The number of halogens is 4. The van der Waals surface area contributed by atoms with E-state index in [4.69, 9.17) is 44.5 Å². The van der Waals surface area contributed by atoms with Crippen LogP contribution in [0, 0.1) is 0 Å². The van der Waals surface area contributed by atoms with Crippen LogP contribution in [-0.2, 0) is 6.61 Å². The van der Waals surface area contributed by atoms with Gasteiger partial charge in [-0.1, -0.05) is 83.3 Å². The molecule has 4 aromatic carbocycles. The third-order valence-corrected chi connectivity index (χ3v) is 7.05. The van der Waals surface area contributed by atoms with Gasteiger partial charge in [-0.05, 0) is 57.9 Å². The van der Waals surface area contributed by atoms with Crippen LogP contribution in [0.25, 0.3) is 22.3 Å². The molecule has 37 heavy (non-hydrogen) atoms. The Bertz CT molecular complexity index is 1710. The van der Waals surface area contributed by atoms with E-state index in [0.717, 1.165) is 11.1 Å². The van der Waals surface area contributed by atoms with E-state index in [0.29, 0.717) is 47.6 Å². The minimum atomic E-state index is -0.292. The zero-order valence-corrected chi connectivity index (χ0v) is 22.9. The van der Waals surface area contributed by atoms with E-state index in [9.17, 15) is 4.79 Å². The molecule has 0 saturated heterocycles. The Morgan fingerprint density at radius 3 is 2.46 bits per heavy atom. The maximum atomic E-state index is 13.5. The van der Waals surface area contributed by atoms with Crippen molar-refractivity contribution in [3.8, 4) is 17.1 Å². The van der Waals surface area contributed by atoms with E-state index in [1.165, 1.54) is 10.9 Å². The normalized spacial score (nSPS) is 11.4. The predicted molar refractivity (Wildman–Crippen MR) is 154 cm³/mol. The molecule has 184 valence electrons. The Balaban J connectivity index is 1.58. The van der Waals surface area contributed by atoms with Crippen molar-refractivity contribution in [2.45, 2.75) is 6.61 Å². The Labute approximate surface area is 236 Å².